The Morgan fingerprint density at radius 2 is 1.67 bits per heavy atom. The van der Waals surface area contributed by atoms with Gasteiger partial charge in [-0.3, -0.25) is 0 Å². The van der Waals surface area contributed by atoms with Crippen LogP contribution in [0.15, 0.2) is 60.7 Å². The van der Waals surface area contributed by atoms with Crippen LogP contribution in [0.25, 0.3) is 0 Å². The molecule has 3 rings (SSSR count). The summed E-state index contributed by atoms with van der Waals surface area (Å²) >= 11 is 5.76. The van der Waals surface area contributed by atoms with Crippen LogP contribution in [0, 0.1) is 0 Å². The highest BCUT2D eigenvalue weighted by Crippen LogP contribution is 2.25. The van der Waals surface area contributed by atoms with Gasteiger partial charge in [0.1, 0.15) is 0 Å². The van der Waals surface area contributed by atoms with E-state index in [1.54, 1.807) is 0 Å². The van der Waals surface area contributed by atoms with Gasteiger partial charge in [0.2, 0.25) is 0 Å². The Morgan fingerprint density at radius 1 is 1.04 bits per heavy atom. The zero-order chi connectivity index (χ0) is 16.9. The molecule has 2 atom stereocenters. The van der Waals surface area contributed by atoms with Gasteiger partial charge >= 0.3 is 0 Å². The molecule has 2 aromatic carbocycles. The molecule has 126 valence electrons. The Hall–Kier alpha value is -1.91. The summed E-state index contributed by atoms with van der Waals surface area (Å²) in [5.74, 6) is 0. The summed E-state index contributed by atoms with van der Waals surface area (Å²) in [5.41, 5.74) is 2.57. The summed E-state index contributed by atoms with van der Waals surface area (Å²) in [6, 6.07) is 21.6. The van der Waals surface area contributed by atoms with Gasteiger partial charge in [0.05, 0.1) is 12.1 Å². The second-order valence-electron chi connectivity index (χ2n) is 6.46. The molecule has 2 aromatic rings. The molecule has 0 spiro atoms. The smallest absolute Gasteiger partial charge is 0.170 e. The quantitative estimate of drug-likeness (QED) is 0.861. The molecule has 0 radical (unpaired) electrons. The molecule has 1 aliphatic rings. The van der Waals surface area contributed by atoms with Crippen LogP contribution < -0.4 is 5.32 Å². The van der Waals surface area contributed by atoms with E-state index in [4.69, 9.17) is 12.2 Å². The predicted molar refractivity (Wildman–Crippen MR) is 104 cm³/mol. The number of likely N-dealkylation sites (N-methyl/N-ethyl adjacent to an activating group) is 1. The molecule has 0 unspecified atom stereocenters. The fraction of sp³-hybridized carbons (Fsp3) is 0.350. The molecule has 1 heterocycles. The number of rotatable bonds is 3. The predicted octanol–water partition coefficient (Wildman–Crippen LogP) is 3.61. The van der Waals surface area contributed by atoms with Crippen LogP contribution in [0.5, 0.6) is 0 Å². The number of thiocarbonyl (C=S) groups is 1. The molecular weight excluding hydrogens is 314 g/mol. The van der Waals surface area contributed by atoms with Crippen molar-refractivity contribution in [2.24, 2.45) is 0 Å². The molecule has 1 fully saturated rings. The highest BCUT2D eigenvalue weighted by molar-refractivity contribution is 7.80. The van der Waals surface area contributed by atoms with Crippen molar-refractivity contribution in [3.63, 3.8) is 0 Å². The molecule has 0 saturated carbocycles. The highest BCUT2D eigenvalue weighted by atomic mass is 32.1. The minimum atomic E-state index is 0.203. The van der Waals surface area contributed by atoms with Gasteiger partial charge in [-0.25, -0.2) is 0 Å². The lowest BCUT2D eigenvalue weighted by Crippen LogP contribution is -2.52. The zero-order valence-corrected chi connectivity index (χ0v) is 15.2. The first-order valence-corrected chi connectivity index (χ1v) is 8.91. The molecule has 1 N–H and O–H groups in total. The average Bonchev–Trinajstić information content (AvgIpc) is 2.63. The average molecular weight is 340 g/mol. The third kappa shape index (κ3) is 3.94. The van der Waals surface area contributed by atoms with Crippen molar-refractivity contribution in [2.75, 3.05) is 26.7 Å². The summed E-state index contributed by atoms with van der Waals surface area (Å²) in [6.45, 7) is 5.13. The SMILES string of the molecule is C[C@@H](NC(=S)N1CCN(C)C[C@H]1c1ccccc1)c1ccccc1. The first-order chi connectivity index (χ1) is 11.6. The van der Waals surface area contributed by atoms with Crippen LogP contribution in [0.3, 0.4) is 0 Å². The molecule has 0 bridgehead atoms. The summed E-state index contributed by atoms with van der Waals surface area (Å²) in [5, 5.41) is 4.36. The molecule has 0 aromatic heterocycles. The zero-order valence-electron chi connectivity index (χ0n) is 14.4. The number of piperazine rings is 1. The highest BCUT2D eigenvalue weighted by Gasteiger charge is 2.28. The lowest BCUT2D eigenvalue weighted by atomic mass is 10.0. The second kappa shape index (κ2) is 7.77. The van der Waals surface area contributed by atoms with E-state index in [-0.39, 0.29) is 6.04 Å². The largest absolute Gasteiger partial charge is 0.356 e. The first kappa shape index (κ1) is 16.9. The van der Waals surface area contributed by atoms with Gasteiger partial charge in [-0.05, 0) is 37.3 Å². The Kier molecular flexibility index (Phi) is 5.48. The van der Waals surface area contributed by atoms with Crippen molar-refractivity contribution in [3.8, 4) is 0 Å². The summed E-state index contributed by atoms with van der Waals surface area (Å²) in [4.78, 5) is 4.71. The Morgan fingerprint density at radius 3 is 2.33 bits per heavy atom. The van der Waals surface area contributed by atoms with Crippen molar-refractivity contribution in [1.29, 1.82) is 0 Å². The lowest BCUT2D eigenvalue weighted by Gasteiger charge is -2.42. The van der Waals surface area contributed by atoms with Crippen molar-refractivity contribution in [3.05, 3.63) is 71.8 Å². The number of benzene rings is 2. The minimum Gasteiger partial charge on any atom is -0.356 e. The molecular formula is C20H25N3S. The molecule has 3 nitrogen and oxygen atoms in total. The van der Waals surface area contributed by atoms with Crippen LogP contribution in [0.1, 0.15) is 30.1 Å². The molecule has 4 heteroatoms. The van der Waals surface area contributed by atoms with Gasteiger partial charge in [-0.2, -0.15) is 0 Å². The third-order valence-electron chi connectivity index (χ3n) is 4.67. The van der Waals surface area contributed by atoms with Gasteiger partial charge in [0.25, 0.3) is 0 Å². The van der Waals surface area contributed by atoms with Crippen LogP contribution >= 0.6 is 12.2 Å². The fourth-order valence-electron chi connectivity index (χ4n) is 3.22. The second-order valence-corrected chi connectivity index (χ2v) is 6.85. The van der Waals surface area contributed by atoms with Crippen molar-refractivity contribution < 1.29 is 0 Å². The van der Waals surface area contributed by atoms with Crippen molar-refractivity contribution >= 4 is 17.3 Å². The van der Waals surface area contributed by atoms with Crippen LogP contribution in [-0.4, -0.2) is 41.6 Å². The van der Waals surface area contributed by atoms with Crippen LogP contribution in [0.2, 0.25) is 0 Å². The standard InChI is InChI=1S/C20H25N3S/c1-16(17-9-5-3-6-10-17)21-20(24)23-14-13-22(2)15-19(23)18-11-7-4-8-12-18/h3-12,16,19H,13-15H2,1-2H3,(H,21,24)/t16-,19+/m1/s1. The Labute approximate surface area is 150 Å². The number of nitrogens with one attached hydrogen (secondary N) is 1. The molecule has 24 heavy (non-hydrogen) atoms. The maximum atomic E-state index is 5.76. The van der Waals surface area contributed by atoms with Gasteiger partial charge < -0.3 is 15.1 Å². The van der Waals surface area contributed by atoms with Crippen LogP contribution in [-0.2, 0) is 0 Å². The maximum absolute atomic E-state index is 5.76. The van der Waals surface area contributed by atoms with Gasteiger partial charge in [-0.15, -0.1) is 0 Å². The monoisotopic (exact) mass is 339 g/mol. The number of hydrogen-bond donors (Lipinski definition) is 1. The van der Waals surface area contributed by atoms with E-state index in [1.165, 1.54) is 11.1 Å². The molecule has 0 amide bonds. The van der Waals surface area contributed by atoms with E-state index >= 15 is 0 Å². The number of hydrogen-bond acceptors (Lipinski definition) is 2. The van der Waals surface area contributed by atoms with Gasteiger partial charge in [0, 0.05) is 19.6 Å². The van der Waals surface area contributed by atoms with Crippen molar-refractivity contribution in [2.45, 2.75) is 19.0 Å². The van der Waals surface area contributed by atoms with Crippen LogP contribution in [0.4, 0.5) is 0 Å². The molecule has 0 aliphatic carbocycles. The van der Waals surface area contributed by atoms with E-state index in [9.17, 15) is 0 Å². The maximum Gasteiger partial charge on any atom is 0.170 e. The van der Waals surface area contributed by atoms with Crippen molar-refractivity contribution in [1.82, 2.24) is 15.1 Å². The fourth-order valence-corrected chi connectivity index (χ4v) is 3.61. The van der Waals surface area contributed by atoms with Gasteiger partial charge in [0.15, 0.2) is 5.11 Å². The first-order valence-electron chi connectivity index (χ1n) is 8.50. The summed E-state index contributed by atoms with van der Waals surface area (Å²) in [6.07, 6.45) is 0. The molecule has 1 saturated heterocycles. The van der Waals surface area contributed by atoms with E-state index in [1.807, 2.05) is 6.07 Å². The molecule has 1 aliphatic heterocycles. The topological polar surface area (TPSA) is 18.5 Å². The third-order valence-corrected chi connectivity index (χ3v) is 5.02. The van der Waals surface area contributed by atoms with E-state index < -0.39 is 0 Å². The summed E-state index contributed by atoms with van der Waals surface area (Å²) < 4.78 is 0. The minimum absolute atomic E-state index is 0.203. The Balaban J connectivity index is 1.74. The van der Waals surface area contributed by atoms with E-state index in [0.29, 0.717) is 6.04 Å². The lowest BCUT2D eigenvalue weighted by molar-refractivity contribution is 0.149. The normalized spacial score (nSPS) is 19.8. The van der Waals surface area contributed by atoms with Gasteiger partial charge in [-0.1, -0.05) is 60.7 Å². The van der Waals surface area contributed by atoms with E-state index in [2.05, 4.69) is 83.7 Å². The number of nitrogens with zero attached hydrogens (tertiary/aromatic N) is 2. The Bertz CT molecular complexity index is 659. The summed E-state index contributed by atoms with van der Waals surface area (Å²) in [7, 11) is 2.18. The van der Waals surface area contributed by atoms with E-state index in [0.717, 1.165) is 24.7 Å².